The van der Waals surface area contributed by atoms with Gasteiger partial charge in [0.25, 0.3) is 0 Å². The highest BCUT2D eigenvalue weighted by molar-refractivity contribution is 5.85. The molecule has 0 radical (unpaired) electrons. The van der Waals surface area contributed by atoms with E-state index >= 15 is 0 Å². The van der Waals surface area contributed by atoms with Crippen molar-refractivity contribution in [2.24, 2.45) is 5.92 Å². The van der Waals surface area contributed by atoms with Crippen LogP contribution in [-0.2, 0) is 4.74 Å². The van der Waals surface area contributed by atoms with Crippen molar-refractivity contribution >= 4 is 23.2 Å². The van der Waals surface area contributed by atoms with Crippen LogP contribution in [0.1, 0.15) is 54.0 Å². The van der Waals surface area contributed by atoms with Crippen molar-refractivity contribution in [2.45, 2.75) is 71.3 Å². The number of amides is 1. The fraction of sp³-hybridized carbons (Fsp3) is 0.619. The van der Waals surface area contributed by atoms with Crippen molar-refractivity contribution in [2.75, 3.05) is 11.9 Å². The highest BCUT2D eigenvalue weighted by Gasteiger charge is 2.38. The normalized spacial score (nSPS) is 22.1. The van der Waals surface area contributed by atoms with Crippen molar-refractivity contribution in [1.29, 1.82) is 0 Å². The van der Waals surface area contributed by atoms with Crippen molar-refractivity contribution in [3.8, 4) is 5.88 Å². The largest absolute Gasteiger partial charge is 0.470 e. The third kappa shape index (κ3) is 5.13. The Morgan fingerprint density at radius 2 is 1.94 bits per heavy atom. The van der Waals surface area contributed by atoms with Gasteiger partial charge in [0.05, 0.1) is 25.1 Å². The van der Waals surface area contributed by atoms with Crippen LogP contribution in [0.2, 0.25) is 0 Å². The maximum absolute atomic E-state index is 12.3. The molecule has 170 valence electrons. The first-order valence-electron chi connectivity index (χ1n) is 10.2. The van der Waals surface area contributed by atoms with E-state index in [1.165, 1.54) is 0 Å². The molecule has 2 heterocycles. The molecule has 3 rings (SSSR count). The topological polar surface area (TPSA) is 132 Å². The van der Waals surface area contributed by atoms with E-state index in [-0.39, 0.29) is 24.5 Å². The Morgan fingerprint density at radius 3 is 2.48 bits per heavy atom. The van der Waals surface area contributed by atoms with Gasteiger partial charge in [0.1, 0.15) is 11.2 Å². The van der Waals surface area contributed by atoms with Gasteiger partial charge < -0.3 is 24.3 Å². The Morgan fingerprint density at radius 1 is 1.26 bits per heavy atom. The third-order valence-corrected chi connectivity index (χ3v) is 4.77. The van der Waals surface area contributed by atoms with Gasteiger partial charge in [-0.05, 0) is 53.5 Å². The van der Waals surface area contributed by atoms with E-state index < -0.39 is 29.3 Å². The van der Waals surface area contributed by atoms with Crippen molar-refractivity contribution in [1.82, 2.24) is 19.5 Å². The minimum absolute atomic E-state index is 0.00520. The molecule has 2 aromatic rings. The molecule has 0 saturated heterocycles. The molecule has 10 heteroatoms. The Labute approximate surface area is 181 Å². The number of aliphatic hydroxyl groups excluding tert-OH is 2. The van der Waals surface area contributed by atoms with E-state index in [2.05, 4.69) is 26.8 Å². The quantitative estimate of drug-likeness (QED) is 0.627. The summed E-state index contributed by atoms with van der Waals surface area (Å²) in [5.74, 6) is -0.204. The monoisotopic (exact) mass is 433 g/mol. The van der Waals surface area contributed by atoms with Gasteiger partial charge in [-0.25, -0.2) is 9.78 Å². The Balaban J connectivity index is 2.05. The van der Waals surface area contributed by atoms with Gasteiger partial charge in [-0.2, -0.15) is 9.97 Å². The minimum Gasteiger partial charge on any atom is -0.470 e. The van der Waals surface area contributed by atoms with E-state index in [1.54, 1.807) is 31.7 Å². The van der Waals surface area contributed by atoms with Crippen molar-refractivity contribution in [3.63, 3.8) is 0 Å². The number of anilines is 1. The lowest BCUT2D eigenvalue weighted by Gasteiger charge is -2.22. The third-order valence-electron chi connectivity index (χ3n) is 4.77. The molecule has 31 heavy (non-hydrogen) atoms. The molecular formula is C21H31N5O5. The zero-order chi connectivity index (χ0) is 23.1. The SMILES string of the molecule is C=C1[C@H](CO)[C@@H](O)C[C@@H]1n1cnc2c(OC(C)(C)C)nc(NC(=O)OC(C)(C)C)nc21. The number of carbonyl (C=O) groups is 1. The number of fused-ring (bicyclic) bond motifs is 1. The summed E-state index contributed by atoms with van der Waals surface area (Å²) >= 11 is 0. The molecule has 1 amide bonds. The molecule has 0 bridgehead atoms. The smallest absolute Gasteiger partial charge is 0.414 e. The molecular weight excluding hydrogens is 402 g/mol. The molecule has 0 spiro atoms. The summed E-state index contributed by atoms with van der Waals surface area (Å²) < 4.78 is 13.0. The highest BCUT2D eigenvalue weighted by Crippen LogP contribution is 2.41. The molecule has 1 fully saturated rings. The van der Waals surface area contributed by atoms with Gasteiger partial charge in [0, 0.05) is 5.92 Å². The molecule has 1 aliphatic rings. The summed E-state index contributed by atoms with van der Waals surface area (Å²) in [5.41, 5.74) is 0.269. The van der Waals surface area contributed by atoms with Gasteiger partial charge in [-0.3, -0.25) is 5.32 Å². The summed E-state index contributed by atoms with van der Waals surface area (Å²) in [6.45, 7) is 14.8. The first-order valence-corrected chi connectivity index (χ1v) is 10.2. The van der Waals surface area contributed by atoms with Crippen LogP contribution in [0.4, 0.5) is 10.7 Å². The maximum atomic E-state index is 12.3. The van der Waals surface area contributed by atoms with Crippen LogP contribution in [-0.4, -0.2) is 59.7 Å². The standard InChI is InChI=1S/C21H31N5O5/c1-11-12(9-27)14(28)8-13(11)26-10-22-15-16(26)23-18(24-17(15)30-20(2,3)4)25-19(29)31-21(5,6)7/h10,12-14,27-28H,1,8-9H2,2-7H3,(H,23,24,25,29)/t12-,13-,14-/m0/s1. The van der Waals surface area contributed by atoms with Crippen LogP contribution in [0.3, 0.4) is 0 Å². The summed E-state index contributed by atoms with van der Waals surface area (Å²) in [5, 5.41) is 22.4. The predicted octanol–water partition coefficient (Wildman–Crippen LogP) is 2.82. The summed E-state index contributed by atoms with van der Waals surface area (Å²) in [7, 11) is 0. The number of hydrogen-bond acceptors (Lipinski definition) is 8. The van der Waals surface area contributed by atoms with Crippen molar-refractivity contribution < 1.29 is 24.5 Å². The first kappa shape index (κ1) is 23.0. The number of aromatic nitrogens is 4. The molecule has 0 unspecified atom stereocenters. The molecule has 1 aliphatic carbocycles. The van der Waals surface area contributed by atoms with Gasteiger partial charge in [-0.15, -0.1) is 0 Å². The minimum atomic E-state index is -0.716. The van der Waals surface area contributed by atoms with Gasteiger partial charge in [0.15, 0.2) is 11.2 Å². The second-order valence-electron chi connectivity index (χ2n) is 9.70. The second-order valence-corrected chi connectivity index (χ2v) is 9.70. The molecule has 10 nitrogen and oxygen atoms in total. The summed E-state index contributed by atoms with van der Waals surface area (Å²) in [4.78, 5) is 25.5. The maximum Gasteiger partial charge on any atom is 0.414 e. The number of carbonyl (C=O) groups excluding carboxylic acids is 1. The number of aliphatic hydroxyl groups is 2. The van der Waals surface area contributed by atoms with Crippen LogP contribution in [0, 0.1) is 5.92 Å². The Kier molecular flexibility index (Phi) is 5.98. The van der Waals surface area contributed by atoms with E-state index in [0.29, 0.717) is 23.2 Å². The van der Waals surface area contributed by atoms with Gasteiger partial charge in [0.2, 0.25) is 11.8 Å². The first-order chi connectivity index (χ1) is 14.3. The second kappa shape index (κ2) is 8.08. The Bertz CT molecular complexity index is 988. The van der Waals surface area contributed by atoms with Crippen LogP contribution in [0.5, 0.6) is 5.88 Å². The molecule has 1 saturated carbocycles. The van der Waals surface area contributed by atoms with Crippen LogP contribution >= 0.6 is 0 Å². The van der Waals surface area contributed by atoms with Gasteiger partial charge >= 0.3 is 6.09 Å². The van der Waals surface area contributed by atoms with Gasteiger partial charge in [-0.1, -0.05) is 6.58 Å². The number of rotatable bonds is 4. The van der Waals surface area contributed by atoms with E-state index in [4.69, 9.17) is 9.47 Å². The van der Waals surface area contributed by atoms with E-state index in [0.717, 1.165) is 0 Å². The molecule has 3 atom stereocenters. The lowest BCUT2D eigenvalue weighted by molar-refractivity contribution is 0.0634. The number of hydrogen-bond donors (Lipinski definition) is 3. The molecule has 0 aromatic carbocycles. The number of nitrogens with one attached hydrogen (secondary N) is 1. The van der Waals surface area contributed by atoms with Crippen molar-refractivity contribution in [3.05, 3.63) is 18.5 Å². The summed E-state index contributed by atoms with van der Waals surface area (Å²) in [6, 6.07) is -0.316. The zero-order valence-corrected chi connectivity index (χ0v) is 18.8. The lowest BCUT2D eigenvalue weighted by atomic mass is 10.0. The fourth-order valence-corrected chi connectivity index (χ4v) is 3.50. The predicted molar refractivity (Wildman–Crippen MR) is 115 cm³/mol. The molecule has 0 aliphatic heterocycles. The van der Waals surface area contributed by atoms with E-state index in [1.807, 2.05) is 20.8 Å². The lowest BCUT2D eigenvalue weighted by Crippen LogP contribution is -2.28. The average molecular weight is 434 g/mol. The average Bonchev–Trinajstić information content (AvgIpc) is 3.12. The molecule has 3 N–H and O–H groups in total. The van der Waals surface area contributed by atoms with E-state index in [9.17, 15) is 15.0 Å². The van der Waals surface area contributed by atoms with Crippen LogP contribution in [0.15, 0.2) is 18.5 Å². The van der Waals surface area contributed by atoms with Crippen LogP contribution in [0.25, 0.3) is 11.2 Å². The summed E-state index contributed by atoms with van der Waals surface area (Å²) in [6.07, 6.45) is 0.533. The van der Waals surface area contributed by atoms with Crippen LogP contribution < -0.4 is 10.1 Å². The highest BCUT2D eigenvalue weighted by atomic mass is 16.6. The Hall–Kier alpha value is -2.72. The fourth-order valence-electron chi connectivity index (χ4n) is 3.50. The number of imidazole rings is 1. The number of ether oxygens (including phenoxy) is 2. The number of nitrogens with zero attached hydrogens (tertiary/aromatic N) is 4. The molecule has 2 aromatic heterocycles. The zero-order valence-electron chi connectivity index (χ0n) is 18.8.